The number of halogens is 1. The summed E-state index contributed by atoms with van der Waals surface area (Å²) in [7, 11) is 2.59. The maximum absolute atomic E-state index is 5.34. The zero-order valence-electron chi connectivity index (χ0n) is 9.81. The smallest absolute Gasteiger partial charge is 0.500 e. The Morgan fingerprint density at radius 3 is 2.25 bits per heavy atom. The zero-order valence-corrected chi connectivity index (χ0v) is 13.8. The third-order valence-electron chi connectivity index (χ3n) is 2.36. The molecule has 0 spiro atoms. The highest BCUT2D eigenvalue weighted by Crippen LogP contribution is 2.14. The SMILES string of the molecule is CO[Si](CCC[n+]1ccsc1)(OC)OC.[I-]. The van der Waals surface area contributed by atoms with E-state index in [1.165, 1.54) is 0 Å². The Labute approximate surface area is 119 Å². The largest absolute Gasteiger partial charge is 1.00 e. The fourth-order valence-electron chi connectivity index (χ4n) is 1.42. The summed E-state index contributed by atoms with van der Waals surface area (Å²) in [6, 6.07) is 0.847. The van der Waals surface area contributed by atoms with Crippen molar-refractivity contribution in [2.45, 2.75) is 19.0 Å². The van der Waals surface area contributed by atoms with Crippen molar-refractivity contribution < 1.29 is 41.8 Å². The van der Waals surface area contributed by atoms with Crippen molar-refractivity contribution in [1.29, 1.82) is 0 Å². The van der Waals surface area contributed by atoms with Crippen LogP contribution in [0.2, 0.25) is 6.04 Å². The molecule has 0 unspecified atom stereocenters. The molecule has 0 saturated carbocycles. The molecule has 1 aromatic heterocycles. The average Bonchev–Trinajstić information content (AvgIpc) is 2.78. The van der Waals surface area contributed by atoms with Crippen molar-refractivity contribution in [3.63, 3.8) is 0 Å². The molecule has 1 heterocycles. The summed E-state index contributed by atoms with van der Waals surface area (Å²) in [6.07, 6.45) is 3.07. The van der Waals surface area contributed by atoms with E-state index < -0.39 is 8.80 Å². The van der Waals surface area contributed by atoms with Crippen LogP contribution in [0.4, 0.5) is 0 Å². The first-order chi connectivity index (χ1) is 7.26. The van der Waals surface area contributed by atoms with Crippen LogP contribution < -0.4 is 28.5 Å². The number of hydrogen-bond donors (Lipinski definition) is 0. The summed E-state index contributed by atoms with van der Waals surface area (Å²) in [4.78, 5) is 0. The van der Waals surface area contributed by atoms with Crippen LogP contribution in [0.5, 0.6) is 0 Å². The molecule has 0 atom stereocenters. The number of thiazole rings is 1. The lowest BCUT2D eigenvalue weighted by Gasteiger charge is -2.23. The topological polar surface area (TPSA) is 31.6 Å². The van der Waals surface area contributed by atoms with Gasteiger partial charge in [-0.25, -0.2) is 0 Å². The van der Waals surface area contributed by atoms with E-state index in [0.29, 0.717) is 0 Å². The summed E-state index contributed by atoms with van der Waals surface area (Å²) >= 11 is 1.70. The minimum Gasteiger partial charge on any atom is -1.00 e. The van der Waals surface area contributed by atoms with Crippen molar-refractivity contribution in [2.75, 3.05) is 21.3 Å². The third kappa shape index (κ3) is 4.76. The molecular formula is C9H18INO3SSi. The van der Waals surface area contributed by atoms with Crippen LogP contribution in [-0.2, 0) is 19.8 Å². The number of rotatable bonds is 7. The van der Waals surface area contributed by atoms with Gasteiger partial charge in [0.15, 0.2) is 6.20 Å². The molecule has 0 bridgehead atoms. The van der Waals surface area contributed by atoms with Crippen molar-refractivity contribution in [3.05, 3.63) is 17.1 Å². The van der Waals surface area contributed by atoms with Crippen LogP contribution in [0, 0.1) is 0 Å². The van der Waals surface area contributed by atoms with Crippen LogP contribution in [0.25, 0.3) is 0 Å². The van der Waals surface area contributed by atoms with E-state index in [1.807, 2.05) is 0 Å². The molecule has 0 saturated heterocycles. The fraction of sp³-hybridized carbons (Fsp3) is 0.667. The van der Waals surface area contributed by atoms with Gasteiger partial charge >= 0.3 is 8.80 Å². The molecule has 4 nitrogen and oxygen atoms in total. The Balaban J connectivity index is 0.00000225. The number of aromatic nitrogens is 1. The normalized spacial score (nSPS) is 11.2. The molecule has 0 N–H and O–H groups in total. The Bertz CT molecular complexity index is 261. The van der Waals surface area contributed by atoms with Crippen molar-refractivity contribution >= 4 is 20.1 Å². The summed E-state index contributed by atoms with van der Waals surface area (Å²) < 4.78 is 18.2. The second-order valence-electron chi connectivity index (χ2n) is 3.16. The monoisotopic (exact) mass is 375 g/mol. The predicted molar refractivity (Wildman–Crippen MR) is 60.7 cm³/mol. The Hall–Kier alpha value is 0.457. The number of aryl methyl sites for hydroxylation is 1. The molecule has 94 valence electrons. The first-order valence-corrected chi connectivity index (χ1v) is 7.70. The molecule has 0 aromatic carbocycles. The highest BCUT2D eigenvalue weighted by molar-refractivity contribution is 7.07. The second-order valence-corrected chi connectivity index (χ2v) is 7.01. The van der Waals surface area contributed by atoms with Gasteiger partial charge in [-0.2, -0.15) is 4.57 Å². The van der Waals surface area contributed by atoms with Gasteiger partial charge in [0.1, 0.15) is 6.54 Å². The Kier molecular flexibility index (Phi) is 8.78. The second kappa shape index (κ2) is 8.53. The highest BCUT2D eigenvalue weighted by atomic mass is 127. The van der Waals surface area contributed by atoms with Crippen LogP contribution >= 0.6 is 11.3 Å². The number of nitrogens with zero attached hydrogens (tertiary/aromatic N) is 1. The lowest BCUT2D eigenvalue weighted by Crippen LogP contribution is -3.00. The molecule has 0 radical (unpaired) electrons. The molecule has 0 fully saturated rings. The molecule has 0 aliphatic carbocycles. The van der Waals surface area contributed by atoms with Crippen molar-refractivity contribution in [1.82, 2.24) is 0 Å². The maximum Gasteiger partial charge on any atom is 0.500 e. The standard InChI is InChI=1S/C9H18NO3SSi.HI/c1-11-15(12-2,13-3)8-4-5-10-6-7-14-9-10;/h6-7,9H,4-5,8H2,1-3H3;1H/q+1;/p-1. The van der Waals surface area contributed by atoms with Gasteiger partial charge < -0.3 is 37.3 Å². The summed E-state index contributed by atoms with van der Waals surface area (Å²) in [6.45, 7) is 0.980. The van der Waals surface area contributed by atoms with E-state index in [-0.39, 0.29) is 24.0 Å². The quantitative estimate of drug-likeness (QED) is 0.324. The minimum absolute atomic E-state index is 0. The molecular weight excluding hydrogens is 357 g/mol. The van der Waals surface area contributed by atoms with Gasteiger partial charge in [0.25, 0.3) is 0 Å². The summed E-state index contributed by atoms with van der Waals surface area (Å²) in [5.41, 5.74) is 2.09. The molecule has 1 aromatic rings. The predicted octanol–water partition coefficient (Wildman–Crippen LogP) is -1.69. The van der Waals surface area contributed by atoms with E-state index >= 15 is 0 Å². The Morgan fingerprint density at radius 2 is 1.81 bits per heavy atom. The number of hydrogen-bond acceptors (Lipinski definition) is 4. The van der Waals surface area contributed by atoms with Gasteiger partial charge in [0, 0.05) is 33.8 Å². The van der Waals surface area contributed by atoms with Crippen molar-refractivity contribution in [3.8, 4) is 0 Å². The first-order valence-electron chi connectivity index (χ1n) is 4.83. The third-order valence-corrected chi connectivity index (χ3v) is 5.86. The van der Waals surface area contributed by atoms with E-state index in [9.17, 15) is 0 Å². The summed E-state index contributed by atoms with van der Waals surface area (Å²) in [5.74, 6) is 0. The van der Waals surface area contributed by atoms with E-state index in [1.54, 1.807) is 32.7 Å². The van der Waals surface area contributed by atoms with E-state index in [2.05, 4.69) is 21.7 Å². The van der Waals surface area contributed by atoms with Crippen LogP contribution in [0.3, 0.4) is 0 Å². The molecule has 0 aliphatic heterocycles. The molecule has 7 heteroatoms. The van der Waals surface area contributed by atoms with E-state index in [0.717, 1.165) is 19.0 Å². The lowest BCUT2D eigenvalue weighted by atomic mass is 10.5. The highest BCUT2D eigenvalue weighted by Gasteiger charge is 2.37. The molecule has 0 amide bonds. The lowest BCUT2D eigenvalue weighted by molar-refractivity contribution is -0.692. The van der Waals surface area contributed by atoms with Gasteiger partial charge in [-0.15, -0.1) is 0 Å². The summed E-state index contributed by atoms with van der Waals surface area (Å²) in [5, 5.41) is 2.06. The van der Waals surface area contributed by atoms with Crippen molar-refractivity contribution in [2.24, 2.45) is 0 Å². The van der Waals surface area contributed by atoms with Gasteiger partial charge in [-0.1, -0.05) is 11.3 Å². The minimum atomic E-state index is -2.36. The van der Waals surface area contributed by atoms with Gasteiger partial charge in [0.2, 0.25) is 5.51 Å². The maximum atomic E-state index is 5.34. The fourth-order valence-corrected chi connectivity index (χ4v) is 3.76. The van der Waals surface area contributed by atoms with Crippen LogP contribution in [0.1, 0.15) is 6.42 Å². The first kappa shape index (κ1) is 16.5. The van der Waals surface area contributed by atoms with Crippen LogP contribution in [0.15, 0.2) is 17.1 Å². The zero-order chi connectivity index (χ0) is 11.1. The molecule has 1 rings (SSSR count). The molecule has 0 aliphatic rings. The average molecular weight is 375 g/mol. The van der Waals surface area contributed by atoms with Gasteiger partial charge in [0.05, 0.1) is 5.38 Å². The van der Waals surface area contributed by atoms with Crippen LogP contribution in [-0.4, -0.2) is 30.1 Å². The van der Waals surface area contributed by atoms with E-state index in [4.69, 9.17) is 13.3 Å². The molecule has 16 heavy (non-hydrogen) atoms. The van der Waals surface area contributed by atoms with Gasteiger partial charge in [-0.3, -0.25) is 0 Å². The van der Waals surface area contributed by atoms with Gasteiger partial charge in [-0.05, 0) is 0 Å². The Morgan fingerprint density at radius 1 is 1.19 bits per heavy atom.